The second-order valence-electron chi connectivity index (χ2n) is 8.56. The Morgan fingerprint density at radius 2 is 1.49 bits per heavy atom. The molecular weight excluding hydrogens is 508 g/mol. The molecule has 8 heteroatoms. The standard InChI is InChI=1S/C29H27ClN2O4S/c1-22-7-9-23(10-8-22)19-32(37(34,35)28-17-11-25(30)12-18-28)20-29(33)31-26-13-15-27(16-14-26)36-21-24-5-3-2-4-6-24/h2-18H,19-21H2,1H3,(H,31,33). The molecule has 0 aliphatic carbocycles. The van der Waals surface area contributed by atoms with E-state index in [1.54, 1.807) is 24.3 Å². The SMILES string of the molecule is Cc1ccc(CN(CC(=O)Nc2ccc(OCc3ccccc3)cc2)S(=O)(=O)c2ccc(Cl)cc2)cc1. The summed E-state index contributed by atoms with van der Waals surface area (Å²) in [4.78, 5) is 13.0. The van der Waals surface area contributed by atoms with Crippen molar-refractivity contribution in [1.29, 1.82) is 0 Å². The van der Waals surface area contributed by atoms with E-state index in [-0.39, 0.29) is 18.0 Å². The number of benzene rings is 4. The minimum atomic E-state index is -3.96. The fourth-order valence-corrected chi connectivity index (χ4v) is 5.13. The van der Waals surface area contributed by atoms with Gasteiger partial charge in [0.1, 0.15) is 12.4 Å². The van der Waals surface area contributed by atoms with Gasteiger partial charge in [-0.15, -0.1) is 0 Å². The zero-order valence-corrected chi connectivity index (χ0v) is 21.9. The number of hydrogen-bond donors (Lipinski definition) is 1. The fraction of sp³-hybridized carbons (Fsp3) is 0.138. The van der Waals surface area contributed by atoms with Gasteiger partial charge in [-0.2, -0.15) is 4.31 Å². The Balaban J connectivity index is 1.45. The zero-order valence-electron chi connectivity index (χ0n) is 20.3. The fourth-order valence-electron chi connectivity index (χ4n) is 3.61. The van der Waals surface area contributed by atoms with Gasteiger partial charge in [0.05, 0.1) is 11.4 Å². The summed E-state index contributed by atoms with van der Waals surface area (Å²) < 4.78 is 33.8. The summed E-state index contributed by atoms with van der Waals surface area (Å²) in [7, 11) is -3.96. The molecule has 37 heavy (non-hydrogen) atoms. The third kappa shape index (κ3) is 7.43. The van der Waals surface area contributed by atoms with E-state index in [1.807, 2.05) is 61.5 Å². The maximum atomic E-state index is 13.4. The van der Waals surface area contributed by atoms with Crippen molar-refractivity contribution >= 4 is 33.2 Å². The number of sulfonamides is 1. The molecule has 0 spiro atoms. The van der Waals surface area contributed by atoms with E-state index in [0.29, 0.717) is 23.1 Å². The Morgan fingerprint density at radius 1 is 0.838 bits per heavy atom. The van der Waals surface area contributed by atoms with Gasteiger partial charge in [-0.25, -0.2) is 8.42 Å². The lowest BCUT2D eigenvalue weighted by molar-refractivity contribution is -0.116. The number of amides is 1. The molecule has 0 bridgehead atoms. The van der Waals surface area contributed by atoms with Gasteiger partial charge in [0.25, 0.3) is 0 Å². The number of carbonyl (C=O) groups excluding carboxylic acids is 1. The average molecular weight is 535 g/mol. The van der Waals surface area contributed by atoms with Crippen LogP contribution in [0, 0.1) is 6.92 Å². The van der Waals surface area contributed by atoms with Crippen LogP contribution in [0.1, 0.15) is 16.7 Å². The highest BCUT2D eigenvalue weighted by Crippen LogP contribution is 2.22. The summed E-state index contributed by atoms with van der Waals surface area (Å²) >= 11 is 5.94. The Hall–Kier alpha value is -3.65. The molecule has 0 unspecified atom stereocenters. The molecule has 0 fully saturated rings. The van der Waals surface area contributed by atoms with E-state index in [9.17, 15) is 13.2 Å². The molecule has 0 saturated carbocycles. The van der Waals surface area contributed by atoms with Crippen molar-refractivity contribution in [3.63, 3.8) is 0 Å². The first-order valence-corrected chi connectivity index (χ1v) is 13.5. The number of carbonyl (C=O) groups is 1. The van der Waals surface area contributed by atoms with Crippen LogP contribution in [0.4, 0.5) is 5.69 Å². The van der Waals surface area contributed by atoms with E-state index in [0.717, 1.165) is 21.0 Å². The van der Waals surface area contributed by atoms with Crippen LogP contribution < -0.4 is 10.1 Å². The Labute approximate surface area is 222 Å². The summed E-state index contributed by atoms with van der Waals surface area (Å²) in [6.45, 7) is 2.08. The van der Waals surface area contributed by atoms with Crippen molar-refractivity contribution < 1.29 is 17.9 Å². The van der Waals surface area contributed by atoms with Gasteiger partial charge >= 0.3 is 0 Å². The van der Waals surface area contributed by atoms with E-state index in [4.69, 9.17) is 16.3 Å². The van der Waals surface area contributed by atoms with Gasteiger partial charge in [0, 0.05) is 17.3 Å². The number of halogens is 1. The predicted molar refractivity (Wildman–Crippen MR) is 146 cm³/mol. The molecule has 4 aromatic rings. The molecule has 1 amide bonds. The zero-order chi connectivity index (χ0) is 26.3. The van der Waals surface area contributed by atoms with Crippen LogP contribution in [-0.2, 0) is 28.0 Å². The maximum absolute atomic E-state index is 13.4. The highest BCUT2D eigenvalue weighted by atomic mass is 35.5. The average Bonchev–Trinajstić information content (AvgIpc) is 2.90. The van der Waals surface area contributed by atoms with Crippen LogP contribution in [0.2, 0.25) is 5.02 Å². The molecule has 190 valence electrons. The first kappa shape index (κ1) is 26.4. The number of anilines is 1. The van der Waals surface area contributed by atoms with Crippen molar-refractivity contribution in [2.45, 2.75) is 25.0 Å². The van der Waals surface area contributed by atoms with Crippen LogP contribution in [0.15, 0.2) is 108 Å². The van der Waals surface area contributed by atoms with Crippen molar-refractivity contribution in [2.75, 3.05) is 11.9 Å². The molecule has 1 N–H and O–H groups in total. The van der Waals surface area contributed by atoms with E-state index in [1.165, 1.54) is 24.3 Å². The molecule has 4 rings (SSSR count). The third-order valence-corrected chi connectivity index (χ3v) is 7.70. The Bertz CT molecular complexity index is 1420. The molecule has 0 atom stereocenters. The molecule has 0 aliphatic rings. The predicted octanol–water partition coefficient (Wildman–Crippen LogP) is 6.06. The molecule has 0 saturated heterocycles. The second-order valence-corrected chi connectivity index (χ2v) is 10.9. The Morgan fingerprint density at radius 3 is 2.14 bits per heavy atom. The molecule has 4 aromatic carbocycles. The topological polar surface area (TPSA) is 75.7 Å². The molecule has 6 nitrogen and oxygen atoms in total. The number of nitrogens with zero attached hydrogens (tertiary/aromatic N) is 1. The van der Waals surface area contributed by atoms with Crippen molar-refractivity contribution in [1.82, 2.24) is 4.31 Å². The number of aryl methyl sites for hydroxylation is 1. The highest BCUT2D eigenvalue weighted by Gasteiger charge is 2.27. The summed E-state index contributed by atoms with van der Waals surface area (Å²) in [6, 6.07) is 30.2. The lowest BCUT2D eigenvalue weighted by Gasteiger charge is -2.22. The van der Waals surface area contributed by atoms with E-state index < -0.39 is 15.9 Å². The van der Waals surface area contributed by atoms with Crippen molar-refractivity contribution in [3.05, 3.63) is 125 Å². The van der Waals surface area contributed by atoms with Gasteiger partial charge in [-0.05, 0) is 66.6 Å². The molecule has 0 aromatic heterocycles. The minimum absolute atomic E-state index is 0.0466. The van der Waals surface area contributed by atoms with Crippen LogP contribution in [0.3, 0.4) is 0 Å². The van der Waals surface area contributed by atoms with Gasteiger partial charge in [0.15, 0.2) is 0 Å². The molecule has 0 radical (unpaired) electrons. The van der Waals surface area contributed by atoms with Gasteiger partial charge in [-0.1, -0.05) is 71.8 Å². The van der Waals surface area contributed by atoms with Crippen LogP contribution >= 0.6 is 11.6 Å². The molecular formula is C29H27ClN2O4S. The largest absolute Gasteiger partial charge is 0.489 e. The first-order valence-electron chi connectivity index (χ1n) is 11.7. The third-order valence-electron chi connectivity index (χ3n) is 5.64. The molecule has 0 heterocycles. The monoisotopic (exact) mass is 534 g/mol. The quantitative estimate of drug-likeness (QED) is 0.268. The number of nitrogens with one attached hydrogen (secondary N) is 1. The normalized spacial score (nSPS) is 11.3. The van der Waals surface area contributed by atoms with Crippen LogP contribution in [0.5, 0.6) is 5.75 Å². The summed E-state index contributed by atoms with van der Waals surface area (Å²) in [5, 5.41) is 3.21. The lowest BCUT2D eigenvalue weighted by Crippen LogP contribution is -2.37. The van der Waals surface area contributed by atoms with E-state index >= 15 is 0 Å². The van der Waals surface area contributed by atoms with Crippen LogP contribution in [0.25, 0.3) is 0 Å². The molecule has 0 aliphatic heterocycles. The van der Waals surface area contributed by atoms with Crippen molar-refractivity contribution in [3.8, 4) is 5.75 Å². The number of ether oxygens (including phenoxy) is 1. The number of rotatable bonds is 10. The summed E-state index contributed by atoms with van der Waals surface area (Å²) in [6.07, 6.45) is 0. The minimum Gasteiger partial charge on any atom is -0.489 e. The van der Waals surface area contributed by atoms with Crippen LogP contribution in [-0.4, -0.2) is 25.2 Å². The van der Waals surface area contributed by atoms with Gasteiger partial charge in [0.2, 0.25) is 15.9 Å². The lowest BCUT2D eigenvalue weighted by atomic mass is 10.1. The first-order chi connectivity index (χ1) is 17.8. The highest BCUT2D eigenvalue weighted by molar-refractivity contribution is 7.89. The second kappa shape index (κ2) is 12.1. The van der Waals surface area contributed by atoms with E-state index in [2.05, 4.69) is 5.32 Å². The summed E-state index contributed by atoms with van der Waals surface area (Å²) in [5.41, 5.74) is 3.42. The summed E-state index contributed by atoms with van der Waals surface area (Å²) in [5.74, 6) is 0.204. The number of hydrogen-bond acceptors (Lipinski definition) is 4. The van der Waals surface area contributed by atoms with Gasteiger partial charge in [-0.3, -0.25) is 4.79 Å². The maximum Gasteiger partial charge on any atom is 0.243 e. The van der Waals surface area contributed by atoms with Gasteiger partial charge < -0.3 is 10.1 Å². The van der Waals surface area contributed by atoms with Crippen molar-refractivity contribution in [2.24, 2.45) is 0 Å². The smallest absolute Gasteiger partial charge is 0.243 e. The Kier molecular flexibility index (Phi) is 8.61.